The topological polar surface area (TPSA) is 138 Å². The van der Waals surface area contributed by atoms with E-state index in [0.717, 1.165) is 0 Å². The Balaban J connectivity index is 3.15. The van der Waals surface area contributed by atoms with Crippen molar-refractivity contribution in [3.63, 3.8) is 0 Å². The normalized spacial score (nSPS) is 10.6. The fourth-order valence-electron chi connectivity index (χ4n) is 1.83. The number of ether oxygens (including phenoxy) is 4. The predicted octanol–water partition coefficient (Wildman–Crippen LogP) is -1.04. The zero-order chi connectivity index (χ0) is 20.2. The SMILES string of the molecule is CNC(=O)CCOCCOCCOCCOCCNC(=O)CCCC(N)=O. The summed E-state index contributed by atoms with van der Waals surface area (Å²) >= 11 is 0. The Hall–Kier alpha value is -1.75. The number of amides is 3. The number of hydrogen-bond acceptors (Lipinski definition) is 7. The molecule has 27 heavy (non-hydrogen) atoms. The number of carbonyl (C=O) groups excluding carboxylic acids is 3. The van der Waals surface area contributed by atoms with Gasteiger partial charge < -0.3 is 35.3 Å². The quantitative estimate of drug-likeness (QED) is 0.239. The minimum Gasteiger partial charge on any atom is -0.379 e. The fraction of sp³-hybridized carbons (Fsp3) is 0.824. The lowest BCUT2D eigenvalue weighted by atomic mass is 10.2. The first kappa shape index (κ1) is 25.2. The van der Waals surface area contributed by atoms with Gasteiger partial charge in [0.25, 0.3) is 0 Å². The lowest BCUT2D eigenvalue weighted by Gasteiger charge is -2.08. The van der Waals surface area contributed by atoms with E-state index in [4.69, 9.17) is 24.7 Å². The molecule has 10 nitrogen and oxygen atoms in total. The Morgan fingerprint density at radius 3 is 1.74 bits per heavy atom. The minimum absolute atomic E-state index is 0.0471. The Morgan fingerprint density at radius 2 is 1.22 bits per heavy atom. The Morgan fingerprint density at radius 1 is 0.704 bits per heavy atom. The largest absolute Gasteiger partial charge is 0.379 e. The van der Waals surface area contributed by atoms with E-state index in [2.05, 4.69) is 10.6 Å². The van der Waals surface area contributed by atoms with E-state index >= 15 is 0 Å². The molecule has 0 saturated carbocycles. The molecule has 158 valence electrons. The second-order valence-electron chi connectivity index (χ2n) is 5.54. The van der Waals surface area contributed by atoms with Crippen LogP contribution in [0.15, 0.2) is 0 Å². The maximum Gasteiger partial charge on any atom is 0.222 e. The number of nitrogens with two attached hydrogens (primary N) is 1. The van der Waals surface area contributed by atoms with Crippen LogP contribution in [-0.2, 0) is 33.3 Å². The summed E-state index contributed by atoms with van der Waals surface area (Å²) in [4.78, 5) is 32.9. The van der Waals surface area contributed by atoms with E-state index in [0.29, 0.717) is 72.2 Å². The van der Waals surface area contributed by atoms with E-state index < -0.39 is 5.91 Å². The van der Waals surface area contributed by atoms with Gasteiger partial charge in [0.2, 0.25) is 17.7 Å². The highest BCUT2D eigenvalue weighted by molar-refractivity contribution is 5.77. The van der Waals surface area contributed by atoms with Crippen molar-refractivity contribution in [2.24, 2.45) is 5.73 Å². The minimum atomic E-state index is -0.400. The van der Waals surface area contributed by atoms with Gasteiger partial charge in [-0.25, -0.2) is 0 Å². The van der Waals surface area contributed by atoms with Gasteiger partial charge in [-0.05, 0) is 6.42 Å². The molecule has 0 aliphatic rings. The molecule has 3 amide bonds. The molecule has 0 radical (unpaired) electrons. The number of rotatable bonds is 19. The van der Waals surface area contributed by atoms with Crippen LogP contribution in [0.25, 0.3) is 0 Å². The van der Waals surface area contributed by atoms with E-state index in [1.165, 1.54) is 0 Å². The van der Waals surface area contributed by atoms with Crippen LogP contribution in [0.3, 0.4) is 0 Å². The van der Waals surface area contributed by atoms with Gasteiger partial charge in [0, 0.05) is 32.9 Å². The molecule has 0 rings (SSSR count). The summed E-state index contributed by atoms with van der Waals surface area (Å²) < 4.78 is 21.2. The number of nitrogens with one attached hydrogen (secondary N) is 2. The van der Waals surface area contributed by atoms with Crippen LogP contribution >= 0.6 is 0 Å². The first-order valence-electron chi connectivity index (χ1n) is 9.12. The maximum atomic E-state index is 11.4. The van der Waals surface area contributed by atoms with Crippen molar-refractivity contribution in [1.29, 1.82) is 0 Å². The first-order valence-corrected chi connectivity index (χ1v) is 9.12. The van der Waals surface area contributed by atoms with Crippen LogP contribution in [0.2, 0.25) is 0 Å². The standard InChI is InChI=1S/C17H33N3O7/c1-19-16(22)5-7-24-9-11-26-13-14-27-12-10-25-8-6-20-17(23)4-2-3-15(18)21/h2-14H2,1H3,(H2,18,21)(H,19,22)(H,20,23). The number of primary amides is 1. The molecule has 4 N–H and O–H groups in total. The Bertz CT molecular complexity index is 408. The third-order valence-electron chi connectivity index (χ3n) is 3.26. The van der Waals surface area contributed by atoms with Crippen LogP contribution in [0, 0.1) is 0 Å². The molecule has 0 atom stereocenters. The average molecular weight is 391 g/mol. The second-order valence-corrected chi connectivity index (χ2v) is 5.54. The van der Waals surface area contributed by atoms with Crippen LogP contribution < -0.4 is 16.4 Å². The molecular formula is C17H33N3O7. The Kier molecular flexibility index (Phi) is 17.8. The summed E-state index contributed by atoms with van der Waals surface area (Å²) in [7, 11) is 1.59. The maximum absolute atomic E-state index is 11.4. The molecule has 0 fully saturated rings. The van der Waals surface area contributed by atoms with E-state index in [1.807, 2.05) is 0 Å². The van der Waals surface area contributed by atoms with Gasteiger partial charge in [-0.3, -0.25) is 14.4 Å². The van der Waals surface area contributed by atoms with Crippen LogP contribution in [0.4, 0.5) is 0 Å². The molecule has 0 aromatic rings. The lowest BCUT2D eigenvalue weighted by molar-refractivity contribution is -0.122. The van der Waals surface area contributed by atoms with Crippen molar-refractivity contribution in [1.82, 2.24) is 10.6 Å². The van der Waals surface area contributed by atoms with Gasteiger partial charge in [-0.15, -0.1) is 0 Å². The van der Waals surface area contributed by atoms with Gasteiger partial charge in [-0.1, -0.05) is 0 Å². The molecule has 0 saturated heterocycles. The lowest BCUT2D eigenvalue weighted by Crippen LogP contribution is -2.27. The zero-order valence-corrected chi connectivity index (χ0v) is 16.1. The first-order chi connectivity index (χ1) is 13.1. The highest BCUT2D eigenvalue weighted by Crippen LogP contribution is 1.93. The number of carbonyl (C=O) groups is 3. The van der Waals surface area contributed by atoms with E-state index in [1.54, 1.807) is 7.05 Å². The second kappa shape index (κ2) is 19.0. The van der Waals surface area contributed by atoms with Crippen molar-refractivity contribution < 1.29 is 33.3 Å². The third-order valence-corrected chi connectivity index (χ3v) is 3.26. The zero-order valence-electron chi connectivity index (χ0n) is 16.1. The van der Waals surface area contributed by atoms with Gasteiger partial charge in [0.05, 0.1) is 52.9 Å². The van der Waals surface area contributed by atoms with Crippen LogP contribution in [0.1, 0.15) is 25.7 Å². The van der Waals surface area contributed by atoms with Crippen molar-refractivity contribution in [3.05, 3.63) is 0 Å². The molecule has 0 unspecified atom stereocenters. The smallest absolute Gasteiger partial charge is 0.222 e. The monoisotopic (exact) mass is 391 g/mol. The summed E-state index contributed by atoms with van der Waals surface area (Å²) in [6.07, 6.45) is 1.31. The van der Waals surface area contributed by atoms with Gasteiger partial charge in [0.15, 0.2) is 0 Å². The molecule has 0 aliphatic heterocycles. The molecular weight excluding hydrogens is 358 g/mol. The highest BCUT2D eigenvalue weighted by atomic mass is 16.6. The van der Waals surface area contributed by atoms with Crippen molar-refractivity contribution in [3.8, 4) is 0 Å². The highest BCUT2D eigenvalue weighted by Gasteiger charge is 2.02. The van der Waals surface area contributed by atoms with Gasteiger partial charge in [-0.2, -0.15) is 0 Å². The van der Waals surface area contributed by atoms with E-state index in [9.17, 15) is 14.4 Å². The van der Waals surface area contributed by atoms with Crippen LogP contribution in [-0.4, -0.2) is 84.2 Å². The summed E-state index contributed by atoms with van der Waals surface area (Å²) in [6.45, 7) is 3.87. The summed E-state index contributed by atoms with van der Waals surface area (Å²) in [6, 6.07) is 0. The molecule has 0 spiro atoms. The fourth-order valence-corrected chi connectivity index (χ4v) is 1.83. The molecule has 0 heterocycles. The average Bonchev–Trinajstić information content (AvgIpc) is 2.64. The summed E-state index contributed by atoms with van der Waals surface area (Å²) in [5, 5.41) is 5.21. The molecule has 0 aliphatic carbocycles. The van der Waals surface area contributed by atoms with Gasteiger partial charge in [0.1, 0.15) is 0 Å². The third kappa shape index (κ3) is 20.4. The number of hydrogen-bond donors (Lipinski definition) is 3. The molecule has 0 aromatic carbocycles. The van der Waals surface area contributed by atoms with E-state index in [-0.39, 0.29) is 24.7 Å². The molecule has 0 aromatic heterocycles. The molecule has 0 bridgehead atoms. The predicted molar refractivity (Wildman–Crippen MR) is 98.0 cm³/mol. The van der Waals surface area contributed by atoms with Crippen molar-refractivity contribution in [2.45, 2.75) is 25.7 Å². The van der Waals surface area contributed by atoms with Crippen LogP contribution in [0.5, 0.6) is 0 Å². The van der Waals surface area contributed by atoms with Crippen molar-refractivity contribution >= 4 is 17.7 Å². The van der Waals surface area contributed by atoms with Gasteiger partial charge >= 0.3 is 0 Å². The molecule has 10 heteroatoms. The summed E-state index contributed by atoms with van der Waals surface area (Å²) in [5.74, 6) is -0.567. The summed E-state index contributed by atoms with van der Waals surface area (Å²) in [5.41, 5.74) is 5.00. The Labute approximate surface area is 160 Å². The van der Waals surface area contributed by atoms with Crippen molar-refractivity contribution in [2.75, 3.05) is 66.4 Å².